The summed E-state index contributed by atoms with van der Waals surface area (Å²) in [7, 11) is 1.55. The Balaban J connectivity index is 0. The highest BCUT2D eigenvalue weighted by Gasteiger charge is 2.11. The van der Waals surface area contributed by atoms with Crippen molar-refractivity contribution in [2.45, 2.75) is 32.4 Å². The number of nitrogens with one attached hydrogen (secondary N) is 1. The average Bonchev–Trinajstić information content (AvgIpc) is 2.81. The number of nitrogens with two attached hydrogens (primary N) is 1. The number of halogens is 2. The molecule has 1 rings (SSSR count). The van der Waals surface area contributed by atoms with E-state index in [9.17, 15) is 4.79 Å². The van der Waals surface area contributed by atoms with E-state index in [0.717, 1.165) is 17.1 Å². The van der Waals surface area contributed by atoms with Crippen molar-refractivity contribution in [3.8, 4) is 0 Å². The Morgan fingerprint density at radius 1 is 1.58 bits per heavy atom. The van der Waals surface area contributed by atoms with E-state index in [4.69, 9.17) is 10.5 Å². The number of aromatic nitrogens is 1. The minimum atomic E-state index is -0.211. The summed E-state index contributed by atoms with van der Waals surface area (Å²) in [5.41, 5.74) is 6.35. The number of hydrogen-bond donors (Lipinski definition) is 2. The van der Waals surface area contributed by atoms with Gasteiger partial charge in [-0.3, -0.25) is 4.79 Å². The van der Waals surface area contributed by atoms with Crippen molar-refractivity contribution in [2.75, 3.05) is 13.7 Å². The van der Waals surface area contributed by atoms with E-state index in [1.165, 1.54) is 0 Å². The van der Waals surface area contributed by atoms with Crippen molar-refractivity contribution >= 4 is 42.1 Å². The van der Waals surface area contributed by atoms with Crippen LogP contribution in [-0.4, -0.2) is 30.6 Å². The molecule has 0 fully saturated rings. The van der Waals surface area contributed by atoms with E-state index >= 15 is 0 Å². The molecule has 1 aromatic heterocycles. The highest BCUT2D eigenvalue weighted by molar-refractivity contribution is 7.09. The van der Waals surface area contributed by atoms with E-state index in [-0.39, 0.29) is 43.2 Å². The molecule has 3 N–H and O–H groups in total. The Kier molecular flexibility index (Phi) is 12.6. The fourth-order valence-corrected chi connectivity index (χ4v) is 2.07. The van der Waals surface area contributed by atoms with Crippen molar-refractivity contribution < 1.29 is 9.53 Å². The van der Waals surface area contributed by atoms with Gasteiger partial charge in [-0.05, 0) is 6.42 Å². The van der Waals surface area contributed by atoms with E-state index < -0.39 is 0 Å². The molecule has 0 aliphatic heterocycles. The molecule has 0 aliphatic carbocycles. The van der Waals surface area contributed by atoms with Crippen LogP contribution < -0.4 is 11.1 Å². The van der Waals surface area contributed by atoms with Crippen molar-refractivity contribution in [3.05, 3.63) is 16.1 Å². The lowest BCUT2D eigenvalue weighted by atomic mass is 10.2. The molecule has 1 aromatic rings. The van der Waals surface area contributed by atoms with Crippen LogP contribution in [0.3, 0.4) is 0 Å². The van der Waals surface area contributed by atoms with Crippen LogP contribution in [0.25, 0.3) is 0 Å². The number of amides is 1. The molecule has 0 saturated heterocycles. The first-order valence-electron chi connectivity index (χ1n) is 5.62. The quantitative estimate of drug-likeness (QED) is 0.795. The molecule has 112 valence electrons. The molecule has 0 spiro atoms. The van der Waals surface area contributed by atoms with Crippen molar-refractivity contribution in [3.63, 3.8) is 0 Å². The van der Waals surface area contributed by atoms with E-state index in [2.05, 4.69) is 17.2 Å². The molecule has 5 nitrogen and oxygen atoms in total. The average molecular weight is 330 g/mol. The molecule has 0 aromatic carbocycles. The lowest BCUT2D eigenvalue weighted by Crippen LogP contribution is -2.31. The Labute approximate surface area is 130 Å². The number of ether oxygens (including phenoxy) is 1. The maximum Gasteiger partial charge on any atom is 0.222 e. The third-order valence-corrected chi connectivity index (χ3v) is 3.42. The summed E-state index contributed by atoms with van der Waals surface area (Å²) in [5, 5.41) is 5.86. The van der Waals surface area contributed by atoms with Crippen LogP contribution in [-0.2, 0) is 22.5 Å². The standard InChI is InChI=1S/C11H19N3O2S.2ClH/c1-3-11-14-8(7-17-11)6-13-10(15)4-9(5-12)16-2;;/h7,9H,3-6,12H2,1-2H3,(H,13,15);2*1H. The first kappa shape index (κ1) is 20.9. The molecular weight excluding hydrogens is 309 g/mol. The van der Waals surface area contributed by atoms with Gasteiger partial charge in [0.25, 0.3) is 0 Å². The van der Waals surface area contributed by atoms with E-state index in [0.29, 0.717) is 13.1 Å². The fraction of sp³-hybridized carbons (Fsp3) is 0.636. The fourth-order valence-electron chi connectivity index (χ4n) is 1.32. The van der Waals surface area contributed by atoms with Crippen LogP contribution >= 0.6 is 36.2 Å². The summed E-state index contributed by atoms with van der Waals surface area (Å²) in [6, 6.07) is 0. The number of thiazole rings is 1. The zero-order chi connectivity index (χ0) is 12.7. The zero-order valence-electron chi connectivity index (χ0n) is 11.0. The zero-order valence-corrected chi connectivity index (χ0v) is 13.5. The maximum absolute atomic E-state index is 11.5. The Morgan fingerprint density at radius 2 is 2.26 bits per heavy atom. The molecule has 0 bridgehead atoms. The van der Waals surface area contributed by atoms with Crippen LogP contribution in [0, 0.1) is 0 Å². The van der Waals surface area contributed by atoms with Gasteiger partial charge in [0, 0.05) is 19.0 Å². The summed E-state index contributed by atoms with van der Waals surface area (Å²) < 4.78 is 5.04. The van der Waals surface area contributed by atoms with Crippen LogP contribution in [0.4, 0.5) is 0 Å². The van der Waals surface area contributed by atoms with Crippen molar-refractivity contribution in [1.29, 1.82) is 0 Å². The SMILES string of the molecule is CCc1nc(CNC(=O)CC(CN)OC)cs1.Cl.Cl. The number of rotatable bonds is 7. The molecule has 8 heteroatoms. The first-order chi connectivity index (χ1) is 8.19. The molecule has 0 radical (unpaired) electrons. The normalized spacial score (nSPS) is 11.1. The van der Waals surface area contributed by atoms with Gasteiger partial charge in [-0.2, -0.15) is 0 Å². The largest absolute Gasteiger partial charge is 0.380 e. The third kappa shape index (κ3) is 7.69. The highest BCUT2D eigenvalue weighted by Crippen LogP contribution is 2.09. The predicted molar refractivity (Wildman–Crippen MR) is 82.3 cm³/mol. The van der Waals surface area contributed by atoms with Gasteiger partial charge >= 0.3 is 0 Å². The third-order valence-electron chi connectivity index (χ3n) is 2.38. The second-order valence-corrected chi connectivity index (χ2v) is 4.60. The first-order valence-corrected chi connectivity index (χ1v) is 6.50. The summed E-state index contributed by atoms with van der Waals surface area (Å²) in [6.07, 6.45) is 1.01. The molecule has 1 heterocycles. The second kappa shape index (κ2) is 11.4. The summed E-state index contributed by atoms with van der Waals surface area (Å²) in [5.74, 6) is -0.0617. The molecule has 1 amide bonds. The summed E-state index contributed by atoms with van der Waals surface area (Å²) in [4.78, 5) is 15.9. The Hall–Kier alpha value is -0.400. The number of aryl methyl sites for hydroxylation is 1. The molecule has 19 heavy (non-hydrogen) atoms. The number of carbonyl (C=O) groups is 1. The number of hydrogen-bond acceptors (Lipinski definition) is 5. The van der Waals surface area contributed by atoms with Gasteiger partial charge in [0.15, 0.2) is 0 Å². The molecule has 0 aliphatic rings. The van der Waals surface area contributed by atoms with Gasteiger partial charge in [0.05, 0.1) is 29.8 Å². The van der Waals surface area contributed by atoms with E-state index in [1.54, 1.807) is 18.4 Å². The van der Waals surface area contributed by atoms with Gasteiger partial charge in [-0.15, -0.1) is 36.2 Å². The minimum absolute atomic E-state index is 0. The van der Waals surface area contributed by atoms with E-state index in [1.807, 2.05) is 5.38 Å². The molecule has 0 saturated carbocycles. The topological polar surface area (TPSA) is 77.2 Å². The smallest absolute Gasteiger partial charge is 0.222 e. The Morgan fingerprint density at radius 3 is 2.74 bits per heavy atom. The summed E-state index contributed by atoms with van der Waals surface area (Å²) in [6.45, 7) is 2.88. The highest BCUT2D eigenvalue weighted by atomic mass is 35.5. The lowest BCUT2D eigenvalue weighted by Gasteiger charge is -2.11. The lowest BCUT2D eigenvalue weighted by molar-refractivity contribution is -0.123. The predicted octanol–water partition coefficient (Wildman–Crippen LogP) is 1.53. The van der Waals surface area contributed by atoms with Crippen LogP contribution in [0.2, 0.25) is 0 Å². The Bertz CT molecular complexity index is 359. The molecule has 1 unspecified atom stereocenters. The van der Waals surface area contributed by atoms with Crippen LogP contribution in [0.5, 0.6) is 0 Å². The second-order valence-electron chi connectivity index (χ2n) is 3.66. The molecular formula is C11H21Cl2N3O2S. The van der Waals surface area contributed by atoms with Gasteiger partial charge < -0.3 is 15.8 Å². The minimum Gasteiger partial charge on any atom is -0.380 e. The van der Waals surface area contributed by atoms with Gasteiger partial charge in [0.1, 0.15) is 0 Å². The molecule has 1 atom stereocenters. The van der Waals surface area contributed by atoms with Crippen LogP contribution in [0.1, 0.15) is 24.0 Å². The number of carbonyl (C=O) groups excluding carboxylic acids is 1. The van der Waals surface area contributed by atoms with Crippen molar-refractivity contribution in [1.82, 2.24) is 10.3 Å². The summed E-state index contributed by atoms with van der Waals surface area (Å²) >= 11 is 1.62. The maximum atomic E-state index is 11.5. The van der Waals surface area contributed by atoms with Crippen molar-refractivity contribution in [2.24, 2.45) is 5.73 Å². The number of nitrogens with zero attached hydrogens (tertiary/aromatic N) is 1. The van der Waals surface area contributed by atoms with Crippen LogP contribution in [0.15, 0.2) is 5.38 Å². The van der Waals surface area contributed by atoms with Gasteiger partial charge in [-0.1, -0.05) is 6.92 Å². The number of methoxy groups -OCH3 is 1. The van der Waals surface area contributed by atoms with Gasteiger partial charge in [-0.25, -0.2) is 4.98 Å². The monoisotopic (exact) mass is 329 g/mol. The van der Waals surface area contributed by atoms with Gasteiger partial charge in [0.2, 0.25) is 5.91 Å².